The SMILES string of the molecule is O=C(O)[C@@H]1C[NH2+]CC[NH2+]1.[Cl-].[Cl-]. The van der Waals surface area contributed by atoms with E-state index in [2.05, 4.69) is 0 Å². The molecule has 0 bridgehead atoms. The van der Waals surface area contributed by atoms with Crippen molar-refractivity contribution in [3.63, 3.8) is 0 Å². The second-order valence-electron chi connectivity index (χ2n) is 2.28. The van der Waals surface area contributed by atoms with Crippen LogP contribution in [0, 0.1) is 0 Å². The molecule has 1 rings (SSSR count). The Labute approximate surface area is 77.6 Å². The van der Waals surface area contributed by atoms with E-state index >= 15 is 0 Å². The second kappa shape index (κ2) is 6.67. The summed E-state index contributed by atoms with van der Waals surface area (Å²) in [5.74, 6) is -0.689. The van der Waals surface area contributed by atoms with Gasteiger partial charge in [0, 0.05) is 0 Å². The molecular formula is C5H12Cl2N2O2. The third kappa shape index (κ3) is 4.42. The molecule has 0 spiro atoms. The molecule has 1 heterocycles. The van der Waals surface area contributed by atoms with Crippen molar-refractivity contribution in [3.8, 4) is 0 Å². The van der Waals surface area contributed by atoms with Gasteiger partial charge in [0.2, 0.25) is 6.04 Å². The largest absolute Gasteiger partial charge is 1.00 e. The molecule has 11 heavy (non-hydrogen) atoms. The highest BCUT2D eigenvalue weighted by atomic mass is 35.5. The first-order valence-electron chi connectivity index (χ1n) is 3.18. The average Bonchev–Trinajstić information content (AvgIpc) is 1.90. The van der Waals surface area contributed by atoms with Crippen molar-refractivity contribution in [1.82, 2.24) is 0 Å². The van der Waals surface area contributed by atoms with E-state index < -0.39 is 5.97 Å². The summed E-state index contributed by atoms with van der Waals surface area (Å²) in [6, 6.07) is -0.209. The second-order valence-corrected chi connectivity index (χ2v) is 2.28. The lowest BCUT2D eigenvalue weighted by molar-refractivity contribution is -0.802. The topological polar surface area (TPSA) is 70.5 Å². The number of nitrogens with two attached hydrogens (primary N) is 2. The zero-order valence-electron chi connectivity index (χ0n) is 5.96. The van der Waals surface area contributed by atoms with Gasteiger partial charge in [-0.2, -0.15) is 0 Å². The van der Waals surface area contributed by atoms with Gasteiger partial charge in [-0.25, -0.2) is 4.79 Å². The highest BCUT2D eigenvalue weighted by molar-refractivity contribution is 5.71. The van der Waals surface area contributed by atoms with Crippen LogP contribution in [-0.2, 0) is 4.79 Å². The highest BCUT2D eigenvalue weighted by Crippen LogP contribution is 1.70. The number of carboxylic acids is 1. The number of aliphatic carboxylic acids is 1. The number of halogens is 2. The van der Waals surface area contributed by atoms with Gasteiger partial charge in [-0.1, -0.05) is 0 Å². The molecule has 5 N–H and O–H groups in total. The van der Waals surface area contributed by atoms with Crippen LogP contribution in [-0.4, -0.2) is 36.8 Å². The Bertz CT molecular complexity index is 117. The van der Waals surface area contributed by atoms with Crippen LogP contribution >= 0.6 is 0 Å². The van der Waals surface area contributed by atoms with Crippen molar-refractivity contribution in [2.24, 2.45) is 0 Å². The van der Waals surface area contributed by atoms with E-state index in [-0.39, 0.29) is 30.9 Å². The average molecular weight is 203 g/mol. The van der Waals surface area contributed by atoms with E-state index in [9.17, 15) is 4.79 Å². The molecule has 0 amide bonds. The number of carbonyl (C=O) groups is 1. The Hall–Kier alpha value is -0.0300. The van der Waals surface area contributed by atoms with E-state index in [4.69, 9.17) is 5.11 Å². The quantitative estimate of drug-likeness (QED) is 0.396. The summed E-state index contributed by atoms with van der Waals surface area (Å²) in [4.78, 5) is 10.3. The van der Waals surface area contributed by atoms with Gasteiger partial charge in [0.1, 0.15) is 19.6 Å². The van der Waals surface area contributed by atoms with Gasteiger partial charge in [0.15, 0.2) is 0 Å². The lowest BCUT2D eigenvalue weighted by atomic mass is 10.2. The molecule has 1 aliphatic heterocycles. The molecule has 4 nitrogen and oxygen atoms in total. The van der Waals surface area contributed by atoms with E-state index in [1.54, 1.807) is 0 Å². The molecule has 0 aromatic heterocycles. The Morgan fingerprint density at radius 1 is 1.36 bits per heavy atom. The fourth-order valence-corrected chi connectivity index (χ4v) is 1.01. The summed E-state index contributed by atoms with van der Waals surface area (Å²) < 4.78 is 0. The first kappa shape index (κ1) is 13.6. The third-order valence-electron chi connectivity index (χ3n) is 1.56. The predicted octanol–water partition coefficient (Wildman–Crippen LogP) is -9.41. The molecule has 0 aliphatic carbocycles. The number of rotatable bonds is 1. The monoisotopic (exact) mass is 202 g/mol. The molecule has 6 heteroatoms. The van der Waals surface area contributed by atoms with E-state index in [1.807, 2.05) is 10.6 Å². The summed E-state index contributed by atoms with van der Waals surface area (Å²) >= 11 is 0. The van der Waals surface area contributed by atoms with Crippen LogP contribution in [0.4, 0.5) is 0 Å². The minimum Gasteiger partial charge on any atom is -1.00 e. The first-order chi connectivity index (χ1) is 4.30. The normalized spacial score (nSPS) is 22.7. The number of carboxylic acid groups (broad SMARTS) is 1. The van der Waals surface area contributed by atoms with Gasteiger partial charge in [-0.15, -0.1) is 0 Å². The van der Waals surface area contributed by atoms with E-state index in [0.29, 0.717) is 0 Å². The van der Waals surface area contributed by atoms with Gasteiger partial charge in [-0.05, 0) is 0 Å². The highest BCUT2D eigenvalue weighted by Gasteiger charge is 2.25. The van der Waals surface area contributed by atoms with Crippen LogP contribution in [0.3, 0.4) is 0 Å². The van der Waals surface area contributed by atoms with Crippen molar-refractivity contribution in [1.29, 1.82) is 0 Å². The van der Waals surface area contributed by atoms with Crippen molar-refractivity contribution < 1.29 is 45.3 Å². The van der Waals surface area contributed by atoms with Gasteiger partial charge in [-0.3, -0.25) is 0 Å². The van der Waals surface area contributed by atoms with Gasteiger partial charge >= 0.3 is 5.97 Å². The Morgan fingerprint density at radius 2 is 2.00 bits per heavy atom. The molecule has 1 saturated heterocycles. The van der Waals surface area contributed by atoms with Crippen LogP contribution < -0.4 is 35.4 Å². The summed E-state index contributed by atoms with van der Waals surface area (Å²) in [6.45, 7) is 2.69. The standard InChI is InChI=1S/C5H10N2O2.2ClH/c8-5(9)4-3-6-1-2-7-4;;/h4,6-7H,1-3H2,(H,8,9);2*1H/t4-;;/m0../s1. The third-order valence-corrected chi connectivity index (χ3v) is 1.56. The maximum atomic E-state index is 10.3. The van der Waals surface area contributed by atoms with Crippen LogP contribution in [0.15, 0.2) is 0 Å². The number of piperazine rings is 1. The fraction of sp³-hybridized carbons (Fsp3) is 0.800. The summed E-state index contributed by atoms with van der Waals surface area (Å²) in [5, 5.41) is 12.4. The van der Waals surface area contributed by atoms with Crippen molar-refractivity contribution >= 4 is 5.97 Å². The van der Waals surface area contributed by atoms with E-state index in [1.165, 1.54) is 0 Å². The zero-order chi connectivity index (χ0) is 6.69. The van der Waals surface area contributed by atoms with Gasteiger partial charge in [0.25, 0.3) is 0 Å². The molecule has 68 valence electrons. The summed E-state index contributed by atoms with van der Waals surface area (Å²) in [7, 11) is 0. The van der Waals surface area contributed by atoms with Gasteiger partial charge < -0.3 is 40.6 Å². The Kier molecular flexibility index (Phi) is 8.21. The Morgan fingerprint density at radius 3 is 2.27 bits per heavy atom. The number of hydrogen-bond donors (Lipinski definition) is 3. The number of hydrogen-bond acceptors (Lipinski definition) is 1. The molecule has 0 radical (unpaired) electrons. The van der Waals surface area contributed by atoms with Crippen LogP contribution in [0.2, 0.25) is 0 Å². The maximum absolute atomic E-state index is 10.3. The zero-order valence-corrected chi connectivity index (χ0v) is 7.48. The predicted molar refractivity (Wildman–Crippen MR) is 29.9 cm³/mol. The molecule has 1 aliphatic rings. The van der Waals surface area contributed by atoms with Gasteiger partial charge in [0.05, 0.1) is 0 Å². The van der Waals surface area contributed by atoms with Crippen molar-refractivity contribution in [2.45, 2.75) is 6.04 Å². The molecule has 1 atom stereocenters. The minimum atomic E-state index is -0.689. The van der Waals surface area contributed by atoms with Crippen molar-refractivity contribution in [2.75, 3.05) is 19.6 Å². The molecular weight excluding hydrogens is 191 g/mol. The lowest BCUT2D eigenvalue weighted by Gasteiger charge is -2.13. The smallest absolute Gasteiger partial charge is 0.368 e. The molecule has 0 saturated carbocycles. The summed E-state index contributed by atoms with van der Waals surface area (Å²) in [5.41, 5.74) is 0. The number of quaternary nitrogens is 2. The first-order valence-corrected chi connectivity index (χ1v) is 3.18. The van der Waals surface area contributed by atoms with Crippen molar-refractivity contribution in [3.05, 3.63) is 0 Å². The summed E-state index contributed by atoms with van der Waals surface area (Å²) in [6.07, 6.45) is 0. The van der Waals surface area contributed by atoms with Crippen LogP contribution in [0.25, 0.3) is 0 Å². The maximum Gasteiger partial charge on any atom is 0.368 e. The van der Waals surface area contributed by atoms with Crippen LogP contribution in [0.1, 0.15) is 0 Å². The minimum absolute atomic E-state index is 0. The fourth-order valence-electron chi connectivity index (χ4n) is 1.01. The van der Waals surface area contributed by atoms with E-state index in [0.717, 1.165) is 19.6 Å². The molecule has 1 fully saturated rings. The Balaban J connectivity index is 0. The molecule has 0 aromatic carbocycles. The lowest BCUT2D eigenvalue weighted by Crippen LogP contribution is -3.09. The molecule has 0 aromatic rings. The van der Waals surface area contributed by atoms with Crippen LogP contribution in [0.5, 0.6) is 0 Å². The molecule has 0 unspecified atom stereocenters.